The van der Waals surface area contributed by atoms with Gasteiger partial charge in [0.15, 0.2) is 0 Å². The Bertz CT molecular complexity index is 2350. The lowest BCUT2D eigenvalue weighted by Gasteiger charge is -2.29. The zero-order valence-electron chi connectivity index (χ0n) is 31.1. The zero-order chi connectivity index (χ0) is 36.4. The molecule has 2 nitrogen and oxygen atoms in total. The summed E-state index contributed by atoms with van der Waals surface area (Å²) < 4.78 is 0. The molecule has 0 bridgehead atoms. The van der Waals surface area contributed by atoms with Crippen LogP contribution in [0.15, 0.2) is 158 Å². The highest BCUT2D eigenvalue weighted by molar-refractivity contribution is 5.84. The van der Waals surface area contributed by atoms with Crippen LogP contribution in [0.5, 0.6) is 0 Å². The second-order valence-corrected chi connectivity index (χ2v) is 14.0. The molecule has 0 heterocycles. The van der Waals surface area contributed by atoms with Crippen LogP contribution in [0.25, 0.3) is 28.3 Å². The fourth-order valence-electron chi connectivity index (χ4n) is 7.24. The summed E-state index contributed by atoms with van der Waals surface area (Å²) in [5.41, 5.74) is 20.3. The van der Waals surface area contributed by atoms with E-state index in [4.69, 9.17) is 0 Å². The third kappa shape index (κ3) is 7.06. The number of rotatable bonds is 9. The first kappa shape index (κ1) is 34.3. The smallest absolute Gasteiger partial charge is 0.0491 e. The van der Waals surface area contributed by atoms with Gasteiger partial charge in [0, 0.05) is 34.1 Å². The molecule has 0 N–H and O–H groups in total. The van der Waals surface area contributed by atoms with E-state index >= 15 is 0 Å². The van der Waals surface area contributed by atoms with Crippen molar-refractivity contribution in [1.82, 2.24) is 0 Å². The standard InChI is InChI=1S/C50H46N2/c1-8-40-18-20-41(21-19-40)48-25-24-47(33-37(48)5)52(46-17-11-14-36(4)30-46)50-27-23-43(32-39(50)7)42-22-26-49(38(6)31-42)51(44-15-9-12-34(2)28-44)45-16-10-13-35(3)29-45/h8-33H,1H2,2-7H3. The maximum Gasteiger partial charge on any atom is 0.0491 e. The van der Waals surface area contributed by atoms with Crippen LogP contribution in [-0.2, 0) is 0 Å². The van der Waals surface area contributed by atoms with Crippen LogP contribution in [-0.4, -0.2) is 0 Å². The van der Waals surface area contributed by atoms with Gasteiger partial charge in [-0.2, -0.15) is 0 Å². The van der Waals surface area contributed by atoms with Gasteiger partial charge in [0.25, 0.3) is 0 Å². The summed E-state index contributed by atoms with van der Waals surface area (Å²) in [5.74, 6) is 0. The zero-order valence-corrected chi connectivity index (χ0v) is 31.1. The highest BCUT2D eigenvalue weighted by Crippen LogP contribution is 2.42. The van der Waals surface area contributed by atoms with Crippen molar-refractivity contribution in [1.29, 1.82) is 0 Å². The lowest BCUT2D eigenvalue weighted by atomic mass is 9.97. The quantitative estimate of drug-likeness (QED) is 0.150. The van der Waals surface area contributed by atoms with Gasteiger partial charge in [-0.3, -0.25) is 0 Å². The van der Waals surface area contributed by atoms with Crippen LogP contribution in [0.4, 0.5) is 34.1 Å². The molecule has 0 radical (unpaired) electrons. The fourth-order valence-corrected chi connectivity index (χ4v) is 7.24. The van der Waals surface area contributed by atoms with Crippen LogP contribution in [0.3, 0.4) is 0 Å². The first-order valence-electron chi connectivity index (χ1n) is 18.0. The molecule has 2 heteroatoms. The van der Waals surface area contributed by atoms with Gasteiger partial charge in [0.05, 0.1) is 0 Å². The highest BCUT2D eigenvalue weighted by Gasteiger charge is 2.19. The largest absolute Gasteiger partial charge is 0.310 e. The number of nitrogens with zero attached hydrogens (tertiary/aromatic N) is 2. The second kappa shape index (κ2) is 14.6. The van der Waals surface area contributed by atoms with Crippen molar-refractivity contribution < 1.29 is 0 Å². The van der Waals surface area contributed by atoms with E-state index in [1.807, 2.05) is 6.08 Å². The Balaban J connectivity index is 1.26. The minimum absolute atomic E-state index is 1.13. The van der Waals surface area contributed by atoms with Crippen LogP contribution in [0, 0.1) is 41.5 Å². The predicted molar refractivity (Wildman–Crippen MR) is 225 cm³/mol. The van der Waals surface area contributed by atoms with Crippen LogP contribution in [0.2, 0.25) is 0 Å². The Hall–Kier alpha value is -6.12. The van der Waals surface area contributed by atoms with E-state index < -0.39 is 0 Å². The summed E-state index contributed by atoms with van der Waals surface area (Å²) >= 11 is 0. The molecule has 52 heavy (non-hydrogen) atoms. The molecule has 0 spiro atoms. The Kier molecular flexibility index (Phi) is 9.65. The maximum atomic E-state index is 3.91. The fraction of sp³-hybridized carbons (Fsp3) is 0.120. The SMILES string of the molecule is C=Cc1ccc(-c2ccc(N(c3cccc(C)c3)c3ccc(-c4ccc(N(c5cccc(C)c5)c5cccc(C)c5)c(C)c4)cc3C)cc2C)cc1. The Morgan fingerprint density at radius 1 is 0.385 bits per heavy atom. The molecule has 0 fully saturated rings. The summed E-state index contributed by atoms with van der Waals surface area (Å²) in [7, 11) is 0. The van der Waals surface area contributed by atoms with Crippen LogP contribution < -0.4 is 9.80 Å². The van der Waals surface area contributed by atoms with Crippen molar-refractivity contribution in [2.24, 2.45) is 0 Å². The minimum Gasteiger partial charge on any atom is -0.310 e. The van der Waals surface area contributed by atoms with E-state index in [1.165, 1.54) is 61.3 Å². The van der Waals surface area contributed by atoms with E-state index in [2.05, 4.69) is 210 Å². The molecule has 0 aliphatic heterocycles. The number of anilines is 6. The monoisotopic (exact) mass is 674 g/mol. The molecular formula is C50H46N2. The number of benzene rings is 7. The first-order chi connectivity index (χ1) is 25.2. The van der Waals surface area contributed by atoms with Crippen molar-refractivity contribution >= 4 is 40.2 Å². The second-order valence-electron chi connectivity index (χ2n) is 14.0. The molecular weight excluding hydrogens is 629 g/mol. The normalized spacial score (nSPS) is 11.0. The van der Waals surface area contributed by atoms with Crippen molar-refractivity contribution in [3.05, 3.63) is 197 Å². The van der Waals surface area contributed by atoms with Crippen molar-refractivity contribution in [3.8, 4) is 22.3 Å². The summed E-state index contributed by atoms with van der Waals surface area (Å²) in [5, 5.41) is 0. The molecule has 0 aliphatic carbocycles. The van der Waals surface area contributed by atoms with Crippen molar-refractivity contribution in [2.45, 2.75) is 41.5 Å². The number of aryl methyl sites for hydroxylation is 6. The summed E-state index contributed by atoms with van der Waals surface area (Å²) in [6.45, 7) is 17.0. The molecule has 7 aromatic carbocycles. The summed E-state index contributed by atoms with van der Waals surface area (Å²) in [6, 6.07) is 55.4. The molecule has 7 rings (SSSR count). The molecule has 256 valence electrons. The Morgan fingerprint density at radius 3 is 1.19 bits per heavy atom. The molecule has 0 saturated heterocycles. The Morgan fingerprint density at radius 2 is 0.808 bits per heavy atom. The molecule has 0 unspecified atom stereocenters. The summed E-state index contributed by atoms with van der Waals surface area (Å²) in [4.78, 5) is 4.76. The third-order valence-corrected chi connectivity index (χ3v) is 9.91. The van der Waals surface area contributed by atoms with E-state index in [1.54, 1.807) is 0 Å². The molecule has 0 aliphatic rings. The van der Waals surface area contributed by atoms with Crippen molar-refractivity contribution in [3.63, 3.8) is 0 Å². The molecule has 0 saturated carbocycles. The topological polar surface area (TPSA) is 6.48 Å². The number of hydrogen-bond donors (Lipinski definition) is 0. The molecule has 7 aromatic rings. The average molecular weight is 675 g/mol. The average Bonchev–Trinajstić information content (AvgIpc) is 3.13. The van der Waals surface area contributed by atoms with Gasteiger partial charge >= 0.3 is 0 Å². The predicted octanol–water partition coefficient (Wildman–Crippen LogP) is 14.5. The van der Waals surface area contributed by atoms with E-state index in [-0.39, 0.29) is 0 Å². The number of hydrogen-bond acceptors (Lipinski definition) is 2. The van der Waals surface area contributed by atoms with Gasteiger partial charge in [-0.05, 0) is 176 Å². The lowest BCUT2D eigenvalue weighted by Crippen LogP contribution is -2.12. The van der Waals surface area contributed by atoms with Crippen LogP contribution >= 0.6 is 0 Å². The van der Waals surface area contributed by atoms with E-state index in [0.29, 0.717) is 0 Å². The maximum absolute atomic E-state index is 3.91. The first-order valence-corrected chi connectivity index (χ1v) is 18.0. The van der Waals surface area contributed by atoms with Gasteiger partial charge in [0.1, 0.15) is 0 Å². The molecule has 0 aromatic heterocycles. The Labute approximate surface area is 310 Å². The molecule has 0 amide bonds. The third-order valence-electron chi connectivity index (χ3n) is 9.91. The van der Waals surface area contributed by atoms with Gasteiger partial charge in [0.2, 0.25) is 0 Å². The van der Waals surface area contributed by atoms with Crippen LogP contribution in [0.1, 0.15) is 38.9 Å². The molecule has 0 atom stereocenters. The summed E-state index contributed by atoms with van der Waals surface area (Å²) in [6.07, 6.45) is 1.89. The van der Waals surface area contributed by atoms with Gasteiger partial charge in [-0.1, -0.05) is 91.5 Å². The van der Waals surface area contributed by atoms with Gasteiger partial charge < -0.3 is 9.80 Å². The minimum atomic E-state index is 1.13. The van der Waals surface area contributed by atoms with E-state index in [9.17, 15) is 0 Å². The van der Waals surface area contributed by atoms with Gasteiger partial charge in [-0.15, -0.1) is 0 Å². The lowest BCUT2D eigenvalue weighted by molar-refractivity contribution is 1.23. The highest BCUT2D eigenvalue weighted by atomic mass is 15.1. The van der Waals surface area contributed by atoms with Crippen molar-refractivity contribution in [2.75, 3.05) is 9.80 Å². The van der Waals surface area contributed by atoms with E-state index in [0.717, 1.165) is 34.0 Å². The van der Waals surface area contributed by atoms with Gasteiger partial charge in [-0.25, -0.2) is 0 Å².